The van der Waals surface area contributed by atoms with Crippen molar-refractivity contribution in [3.8, 4) is 0 Å². The van der Waals surface area contributed by atoms with Gasteiger partial charge in [0.05, 0.1) is 6.04 Å². The Labute approximate surface area is 114 Å². The van der Waals surface area contributed by atoms with Crippen LogP contribution in [0.5, 0.6) is 0 Å². The minimum atomic E-state index is 0.427. The Kier molecular flexibility index (Phi) is 2.44. The predicted octanol–water partition coefficient (Wildman–Crippen LogP) is 4.51. The van der Waals surface area contributed by atoms with E-state index in [9.17, 15) is 0 Å². The largest absolute Gasteiger partial charge is 0.378 e. The van der Waals surface area contributed by atoms with Crippen LogP contribution in [-0.2, 0) is 0 Å². The first kappa shape index (κ1) is 10.9. The number of para-hydroxylation sites is 1. The van der Waals surface area contributed by atoms with Crippen LogP contribution in [0, 0.1) is 5.92 Å². The average Bonchev–Trinajstić information content (AvgIpc) is 2.97. The molecule has 1 nitrogen and oxygen atoms in total. The number of hydrogen-bond acceptors (Lipinski definition) is 1. The van der Waals surface area contributed by atoms with Crippen LogP contribution in [-0.4, -0.2) is 0 Å². The second-order valence-corrected chi connectivity index (χ2v) is 5.47. The molecule has 2 aromatic rings. The van der Waals surface area contributed by atoms with E-state index in [1.807, 2.05) is 0 Å². The summed E-state index contributed by atoms with van der Waals surface area (Å²) in [5.74, 6) is 1.22. The molecule has 1 heteroatoms. The van der Waals surface area contributed by atoms with Gasteiger partial charge in [0.1, 0.15) is 0 Å². The minimum absolute atomic E-state index is 0.427. The summed E-state index contributed by atoms with van der Waals surface area (Å²) in [6, 6.07) is 20.0. The van der Waals surface area contributed by atoms with E-state index in [4.69, 9.17) is 0 Å². The van der Waals surface area contributed by atoms with Crippen LogP contribution in [0.2, 0.25) is 0 Å². The molecule has 1 N–H and O–H groups in total. The molecule has 0 amide bonds. The summed E-state index contributed by atoms with van der Waals surface area (Å²) >= 11 is 0. The molecule has 1 aliphatic heterocycles. The third-order valence-electron chi connectivity index (χ3n) is 4.43. The molecule has 1 heterocycles. The Morgan fingerprint density at radius 2 is 1.68 bits per heavy atom. The highest BCUT2D eigenvalue weighted by atomic mass is 15.0. The Hall–Kier alpha value is -2.02. The van der Waals surface area contributed by atoms with Crippen molar-refractivity contribution in [1.29, 1.82) is 0 Å². The second kappa shape index (κ2) is 4.27. The lowest BCUT2D eigenvalue weighted by atomic mass is 9.77. The average molecular weight is 247 g/mol. The van der Waals surface area contributed by atoms with Gasteiger partial charge in [0.2, 0.25) is 0 Å². The molecule has 0 radical (unpaired) electrons. The van der Waals surface area contributed by atoms with E-state index >= 15 is 0 Å². The number of nitrogens with one attached hydrogen (secondary N) is 1. The maximum Gasteiger partial charge on any atom is 0.0553 e. The van der Waals surface area contributed by atoms with E-state index in [0.717, 1.165) is 0 Å². The number of allylic oxidation sites excluding steroid dienone is 2. The molecule has 2 aromatic carbocycles. The van der Waals surface area contributed by atoms with Crippen LogP contribution < -0.4 is 5.32 Å². The fraction of sp³-hybridized carbons (Fsp3) is 0.222. The first-order valence-electron chi connectivity index (χ1n) is 7.00. The smallest absolute Gasteiger partial charge is 0.0553 e. The van der Waals surface area contributed by atoms with Crippen LogP contribution in [0.15, 0.2) is 66.7 Å². The van der Waals surface area contributed by atoms with Crippen molar-refractivity contribution in [2.24, 2.45) is 5.92 Å². The van der Waals surface area contributed by atoms with E-state index in [-0.39, 0.29) is 0 Å². The lowest BCUT2D eigenvalue weighted by Crippen LogP contribution is -2.28. The molecule has 94 valence electrons. The van der Waals surface area contributed by atoms with Gasteiger partial charge in [0.25, 0.3) is 0 Å². The van der Waals surface area contributed by atoms with Gasteiger partial charge in [-0.2, -0.15) is 0 Å². The van der Waals surface area contributed by atoms with Crippen molar-refractivity contribution in [1.82, 2.24) is 0 Å². The van der Waals surface area contributed by atoms with E-state index in [1.54, 1.807) is 0 Å². The second-order valence-electron chi connectivity index (χ2n) is 5.47. The zero-order chi connectivity index (χ0) is 12.7. The Morgan fingerprint density at radius 1 is 0.895 bits per heavy atom. The molecule has 0 saturated heterocycles. The van der Waals surface area contributed by atoms with E-state index in [2.05, 4.69) is 72.1 Å². The van der Waals surface area contributed by atoms with Gasteiger partial charge in [-0.15, -0.1) is 0 Å². The first-order valence-corrected chi connectivity index (χ1v) is 7.00. The molecule has 2 aliphatic rings. The van der Waals surface area contributed by atoms with Gasteiger partial charge in [-0.1, -0.05) is 60.7 Å². The summed E-state index contributed by atoms with van der Waals surface area (Å²) in [5.41, 5.74) is 4.15. The van der Waals surface area contributed by atoms with Gasteiger partial charge >= 0.3 is 0 Å². The maximum absolute atomic E-state index is 3.74. The highest BCUT2D eigenvalue weighted by molar-refractivity contribution is 5.59. The predicted molar refractivity (Wildman–Crippen MR) is 79.2 cm³/mol. The maximum atomic E-state index is 3.74. The molecule has 0 unspecified atom stereocenters. The van der Waals surface area contributed by atoms with Crippen molar-refractivity contribution < 1.29 is 0 Å². The van der Waals surface area contributed by atoms with Crippen molar-refractivity contribution in [2.45, 2.75) is 18.4 Å². The zero-order valence-corrected chi connectivity index (χ0v) is 10.8. The number of benzene rings is 2. The first-order chi connectivity index (χ1) is 9.43. The lowest BCUT2D eigenvalue weighted by Gasteiger charge is -2.37. The summed E-state index contributed by atoms with van der Waals surface area (Å²) in [7, 11) is 0. The summed E-state index contributed by atoms with van der Waals surface area (Å²) in [6.45, 7) is 0. The molecule has 0 fully saturated rings. The summed E-state index contributed by atoms with van der Waals surface area (Å²) in [4.78, 5) is 0. The summed E-state index contributed by atoms with van der Waals surface area (Å²) in [6.07, 6.45) is 5.90. The normalized spacial score (nSPS) is 27.5. The highest BCUT2D eigenvalue weighted by Gasteiger charge is 2.37. The molecular weight excluding hydrogens is 230 g/mol. The van der Waals surface area contributed by atoms with Gasteiger partial charge in [0, 0.05) is 11.6 Å². The van der Waals surface area contributed by atoms with Gasteiger partial charge in [-0.3, -0.25) is 0 Å². The molecule has 0 saturated carbocycles. The molecule has 0 spiro atoms. The van der Waals surface area contributed by atoms with Gasteiger partial charge in [0.15, 0.2) is 0 Å². The molecule has 1 aliphatic carbocycles. The van der Waals surface area contributed by atoms with Gasteiger partial charge < -0.3 is 5.32 Å². The van der Waals surface area contributed by atoms with Crippen LogP contribution in [0.4, 0.5) is 5.69 Å². The zero-order valence-electron chi connectivity index (χ0n) is 10.8. The van der Waals surface area contributed by atoms with Crippen molar-refractivity contribution in [2.75, 3.05) is 5.32 Å². The number of hydrogen-bond donors (Lipinski definition) is 1. The van der Waals surface area contributed by atoms with Gasteiger partial charge in [-0.05, 0) is 29.5 Å². The molecule has 19 heavy (non-hydrogen) atoms. The molecule has 3 atom stereocenters. The summed E-state index contributed by atoms with van der Waals surface area (Å²) in [5, 5.41) is 3.74. The van der Waals surface area contributed by atoms with E-state index < -0.39 is 0 Å². The monoisotopic (exact) mass is 247 g/mol. The Balaban J connectivity index is 1.80. The van der Waals surface area contributed by atoms with Crippen molar-refractivity contribution in [3.63, 3.8) is 0 Å². The third-order valence-corrected chi connectivity index (χ3v) is 4.43. The fourth-order valence-electron chi connectivity index (χ4n) is 3.53. The topological polar surface area (TPSA) is 12.0 Å². The molecule has 0 bridgehead atoms. The van der Waals surface area contributed by atoms with Crippen LogP contribution in [0.1, 0.15) is 29.5 Å². The fourth-order valence-corrected chi connectivity index (χ4v) is 3.53. The SMILES string of the molecule is C1=C[C@@H]2c3ccccc3N[C@H](c3ccccc3)[C@@H]2C1. The van der Waals surface area contributed by atoms with E-state index in [0.29, 0.717) is 17.9 Å². The number of rotatable bonds is 1. The molecule has 4 rings (SSSR count). The number of fused-ring (bicyclic) bond motifs is 3. The van der Waals surface area contributed by atoms with Crippen molar-refractivity contribution in [3.05, 3.63) is 77.9 Å². The third kappa shape index (κ3) is 1.69. The van der Waals surface area contributed by atoms with Crippen LogP contribution in [0.3, 0.4) is 0 Å². The standard InChI is InChI=1S/C18H17N/c1-2-7-13(8-3-1)18-16-11-6-10-14(16)15-9-4-5-12-17(15)19-18/h1-10,12,14,16,18-19H,11H2/t14-,16-,18-/m1/s1. The summed E-state index contributed by atoms with van der Waals surface area (Å²) < 4.78 is 0. The van der Waals surface area contributed by atoms with Crippen LogP contribution >= 0.6 is 0 Å². The lowest BCUT2D eigenvalue weighted by molar-refractivity contribution is 0.425. The number of anilines is 1. The minimum Gasteiger partial charge on any atom is -0.378 e. The quantitative estimate of drug-likeness (QED) is 0.731. The molecular formula is C18H17N. The Morgan fingerprint density at radius 3 is 2.58 bits per heavy atom. The molecule has 0 aromatic heterocycles. The van der Waals surface area contributed by atoms with Crippen LogP contribution in [0.25, 0.3) is 0 Å². The van der Waals surface area contributed by atoms with E-state index in [1.165, 1.54) is 23.2 Å². The highest BCUT2D eigenvalue weighted by Crippen LogP contribution is 2.49. The van der Waals surface area contributed by atoms with Gasteiger partial charge in [-0.25, -0.2) is 0 Å². The van der Waals surface area contributed by atoms with Crippen molar-refractivity contribution >= 4 is 5.69 Å². The Bertz CT molecular complexity index is 615.